The zero-order chi connectivity index (χ0) is 18.1. The molecule has 2 aromatic rings. The number of ether oxygens (including phenoxy) is 1. The number of carbonyl (C=O) groups excluding carboxylic acids is 1. The Morgan fingerprint density at radius 3 is 2.65 bits per heavy atom. The van der Waals surface area contributed by atoms with Crippen molar-refractivity contribution < 1.29 is 17.9 Å². The number of amides is 1. The Kier molecular flexibility index (Phi) is 4.47. The number of aromatic nitrogens is 1. The average molecular weight is 373 g/mol. The van der Waals surface area contributed by atoms with Crippen molar-refractivity contribution in [2.24, 2.45) is 0 Å². The smallest absolute Gasteiger partial charge is 0.259 e. The monoisotopic (exact) mass is 373 g/mol. The van der Waals surface area contributed by atoms with Gasteiger partial charge in [0, 0.05) is 37.7 Å². The number of fused-ring (bicyclic) bond motifs is 1. The summed E-state index contributed by atoms with van der Waals surface area (Å²) < 4.78 is 32.3. The summed E-state index contributed by atoms with van der Waals surface area (Å²) in [6.07, 6.45) is 3.79. The van der Waals surface area contributed by atoms with Gasteiger partial charge in [-0.05, 0) is 42.3 Å². The number of carbonyl (C=O) groups is 1. The molecule has 0 spiro atoms. The van der Waals surface area contributed by atoms with Gasteiger partial charge in [0.2, 0.25) is 10.0 Å². The molecule has 1 aromatic heterocycles. The van der Waals surface area contributed by atoms with Gasteiger partial charge in [0.25, 0.3) is 5.91 Å². The minimum Gasteiger partial charge on any atom is -0.379 e. The number of hydrogen-bond acceptors (Lipinski definition) is 5. The van der Waals surface area contributed by atoms with Crippen LogP contribution in [0.25, 0.3) is 0 Å². The highest BCUT2D eigenvalue weighted by atomic mass is 32.2. The second kappa shape index (κ2) is 6.79. The third-order valence-corrected chi connectivity index (χ3v) is 6.60. The lowest BCUT2D eigenvalue weighted by Gasteiger charge is -2.26. The highest BCUT2D eigenvalue weighted by molar-refractivity contribution is 7.89. The molecule has 0 unspecified atom stereocenters. The largest absolute Gasteiger partial charge is 0.379 e. The van der Waals surface area contributed by atoms with Crippen molar-refractivity contribution in [2.75, 3.05) is 37.7 Å². The van der Waals surface area contributed by atoms with Crippen LogP contribution in [0, 0.1) is 0 Å². The van der Waals surface area contributed by atoms with Crippen LogP contribution in [0.4, 0.5) is 5.69 Å². The molecule has 3 heterocycles. The van der Waals surface area contributed by atoms with Crippen LogP contribution < -0.4 is 4.90 Å². The predicted molar refractivity (Wildman–Crippen MR) is 95.6 cm³/mol. The number of benzene rings is 1. The van der Waals surface area contributed by atoms with E-state index < -0.39 is 10.0 Å². The molecule has 26 heavy (non-hydrogen) atoms. The maximum atomic E-state index is 12.8. The van der Waals surface area contributed by atoms with Gasteiger partial charge in [0.05, 0.1) is 23.7 Å². The molecule has 4 rings (SSSR count). The zero-order valence-electron chi connectivity index (χ0n) is 14.2. The van der Waals surface area contributed by atoms with E-state index in [0.717, 1.165) is 11.3 Å². The van der Waals surface area contributed by atoms with Gasteiger partial charge >= 0.3 is 0 Å². The third-order valence-electron chi connectivity index (χ3n) is 4.71. The Balaban J connectivity index is 1.62. The minimum atomic E-state index is -3.53. The first-order chi connectivity index (χ1) is 12.6. The molecule has 0 saturated carbocycles. The minimum absolute atomic E-state index is 0.124. The standard InChI is InChI=1S/C18H19N3O4S/c22-18(15-2-1-6-19-13-15)21-7-5-14-12-16(3-4-17(14)21)26(23,24)20-8-10-25-11-9-20/h1-4,6,12-13H,5,7-11H2. The van der Waals surface area contributed by atoms with Gasteiger partial charge in [-0.1, -0.05) is 0 Å². The maximum Gasteiger partial charge on any atom is 0.259 e. The molecule has 1 amide bonds. The first-order valence-corrected chi connectivity index (χ1v) is 9.94. The van der Waals surface area contributed by atoms with E-state index in [1.54, 1.807) is 41.4 Å². The summed E-state index contributed by atoms with van der Waals surface area (Å²) in [5.41, 5.74) is 2.15. The maximum absolute atomic E-state index is 12.8. The molecule has 0 atom stereocenters. The molecule has 8 heteroatoms. The molecule has 136 valence electrons. The number of sulfonamides is 1. The molecule has 1 saturated heterocycles. The molecule has 7 nitrogen and oxygen atoms in total. The van der Waals surface area contributed by atoms with E-state index in [4.69, 9.17) is 4.74 Å². The number of rotatable bonds is 3. The summed E-state index contributed by atoms with van der Waals surface area (Å²) in [5, 5.41) is 0. The Morgan fingerprint density at radius 1 is 1.12 bits per heavy atom. The van der Waals surface area contributed by atoms with Crippen molar-refractivity contribution >= 4 is 21.6 Å². The Hall–Kier alpha value is -2.29. The van der Waals surface area contributed by atoms with Crippen LogP contribution in [0.5, 0.6) is 0 Å². The lowest BCUT2D eigenvalue weighted by Crippen LogP contribution is -2.40. The quantitative estimate of drug-likeness (QED) is 0.810. The summed E-state index contributed by atoms with van der Waals surface area (Å²) in [4.78, 5) is 18.6. The van der Waals surface area contributed by atoms with Gasteiger partial charge in [0.15, 0.2) is 0 Å². The number of anilines is 1. The van der Waals surface area contributed by atoms with Crippen LogP contribution in [0.1, 0.15) is 15.9 Å². The predicted octanol–water partition coefficient (Wildman–Crippen LogP) is 1.31. The van der Waals surface area contributed by atoms with Crippen molar-refractivity contribution in [1.82, 2.24) is 9.29 Å². The summed E-state index contributed by atoms with van der Waals surface area (Å²) in [5.74, 6) is -0.124. The fourth-order valence-electron chi connectivity index (χ4n) is 3.33. The Labute approximate surface area is 152 Å². The highest BCUT2D eigenvalue weighted by Gasteiger charge is 2.30. The van der Waals surface area contributed by atoms with Gasteiger partial charge in [0.1, 0.15) is 0 Å². The van der Waals surface area contributed by atoms with E-state index in [1.165, 1.54) is 10.5 Å². The van der Waals surface area contributed by atoms with E-state index >= 15 is 0 Å². The van der Waals surface area contributed by atoms with E-state index in [0.29, 0.717) is 44.8 Å². The molecular weight excluding hydrogens is 354 g/mol. The molecular formula is C18H19N3O4S. The number of hydrogen-bond donors (Lipinski definition) is 0. The van der Waals surface area contributed by atoms with Crippen LogP contribution in [0.2, 0.25) is 0 Å². The molecule has 0 bridgehead atoms. The van der Waals surface area contributed by atoms with Crippen molar-refractivity contribution in [2.45, 2.75) is 11.3 Å². The topological polar surface area (TPSA) is 79.8 Å². The highest BCUT2D eigenvalue weighted by Crippen LogP contribution is 2.32. The second-order valence-electron chi connectivity index (χ2n) is 6.26. The summed E-state index contributed by atoms with van der Waals surface area (Å²) in [6, 6.07) is 8.45. The van der Waals surface area contributed by atoms with Crippen LogP contribution in [0.3, 0.4) is 0 Å². The summed E-state index contributed by atoms with van der Waals surface area (Å²) in [6.45, 7) is 2.09. The van der Waals surface area contributed by atoms with E-state index in [9.17, 15) is 13.2 Å². The fraction of sp³-hybridized carbons (Fsp3) is 0.333. The van der Waals surface area contributed by atoms with Gasteiger partial charge in [-0.25, -0.2) is 8.42 Å². The molecule has 2 aliphatic rings. The van der Waals surface area contributed by atoms with E-state index in [-0.39, 0.29) is 10.8 Å². The van der Waals surface area contributed by atoms with Crippen molar-refractivity contribution in [3.8, 4) is 0 Å². The molecule has 2 aliphatic heterocycles. The summed E-state index contributed by atoms with van der Waals surface area (Å²) >= 11 is 0. The number of nitrogens with zero attached hydrogens (tertiary/aromatic N) is 3. The second-order valence-corrected chi connectivity index (χ2v) is 8.19. The van der Waals surface area contributed by atoms with Gasteiger partial charge in [-0.3, -0.25) is 9.78 Å². The number of pyridine rings is 1. The molecule has 1 fully saturated rings. The molecule has 1 aromatic carbocycles. The van der Waals surface area contributed by atoms with Crippen molar-refractivity contribution in [1.29, 1.82) is 0 Å². The van der Waals surface area contributed by atoms with E-state index in [2.05, 4.69) is 4.98 Å². The third kappa shape index (κ3) is 3.00. The SMILES string of the molecule is O=C(c1cccnc1)N1CCc2cc(S(=O)(=O)N3CCOCC3)ccc21. The van der Waals surface area contributed by atoms with Crippen LogP contribution >= 0.6 is 0 Å². The van der Waals surface area contributed by atoms with Crippen LogP contribution in [-0.2, 0) is 21.2 Å². The Morgan fingerprint density at radius 2 is 1.92 bits per heavy atom. The van der Waals surface area contributed by atoms with Gasteiger partial charge < -0.3 is 9.64 Å². The van der Waals surface area contributed by atoms with Crippen LogP contribution in [-0.4, -0.2) is 56.5 Å². The molecule has 0 radical (unpaired) electrons. The average Bonchev–Trinajstić information content (AvgIpc) is 3.12. The summed E-state index contributed by atoms with van der Waals surface area (Å²) in [7, 11) is -3.53. The lowest BCUT2D eigenvalue weighted by atomic mass is 10.2. The van der Waals surface area contributed by atoms with Gasteiger partial charge in [-0.2, -0.15) is 4.31 Å². The first-order valence-electron chi connectivity index (χ1n) is 8.50. The zero-order valence-corrected chi connectivity index (χ0v) is 15.0. The normalized spacial score (nSPS) is 17.9. The van der Waals surface area contributed by atoms with Gasteiger partial charge in [-0.15, -0.1) is 0 Å². The van der Waals surface area contributed by atoms with Crippen molar-refractivity contribution in [3.05, 3.63) is 53.9 Å². The molecule has 0 N–H and O–H groups in total. The fourth-order valence-corrected chi connectivity index (χ4v) is 4.79. The van der Waals surface area contributed by atoms with Crippen molar-refractivity contribution in [3.63, 3.8) is 0 Å². The lowest BCUT2D eigenvalue weighted by molar-refractivity contribution is 0.0730. The van der Waals surface area contributed by atoms with E-state index in [1.807, 2.05) is 0 Å². The Bertz CT molecular complexity index is 925. The van der Waals surface area contributed by atoms with Crippen LogP contribution in [0.15, 0.2) is 47.6 Å². The first kappa shape index (κ1) is 17.1. The molecule has 0 aliphatic carbocycles. The number of morpholine rings is 1.